The van der Waals surface area contributed by atoms with E-state index in [1.54, 1.807) is 14.2 Å². The standard InChI is InChI=1S/C35H39NO6/c1-38-32-11-6-4-9-28(32)24-40-16-7-17-41-30-14-12-26(13-15-30)35-29(22-37)20-36-21-34(35)42-23-25-18-27-8-3-5-10-31(27)33(19-25)39-2/h3-6,8-15,18-19,22,34-37H,7,16-17,20-21,23-24H2,1-2H3/b29-22+/t34-,35-/m0/s1. The average molecular weight is 570 g/mol. The summed E-state index contributed by atoms with van der Waals surface area (Å²) in [5, 5.41) is 15.6. The van der Waals surface area contributed by atoms with Crippen molar-refractivity contribution in [2.75, 3.05) is 40.5 Å². The van der Waals surface area contributed by atoms with Crippen molar-refractivity contribution in [3.63, 3.8) is 0 Å². The minimum Gasteiger partial charge on any atom is -0.516 e. The van der Waals surface area contributed by atoms with Gasteiger partial charge in [0.1, 0.15) is 17.2 Å². The number of aliphatic hydroxyl groups excluding tert-OH is 1. The van der Waals surface area contributed by atoms with E-state index >= 15 is 0 Å². The number of para-hydroxylation sites is 1. The van der Waals surface area contributed by atoms with Crippen molar-refractivity contribution in [1.29, 1.82) is 0 Å². The Kier molecular flexibility index (Phi) is 10.3. The summed E-state index contributed by atoms with van der Waals surface area (Å²) in [6, 6.07) is 28.3. The Morgan fingerprint density at radius 3 is 2.45 bits per heavy atom. The molecule has 0 amide bonds. The van der Waals surface area contributed by atoms with Gasteiger partial charge in [-0.05, 0) is 52.4 Å². The van der Waals surface area contributed by atoms with E-state index in [9.17, 15) is 5.11 Å². The Labute approximate surface area is 247 Å². The van der Waals surface area contributed by atoms with Gasteiger partial charge >= 0.3 is 0 Å². The zero-order chi connectivity index (χ0) is 29.1. The summed E-state index contributed by atoms with van der Waals surface area (Å²) in [7, 11) is 3.36. The number of piperidine rings is 1. The molecule has 1 fully saturated rings. The Morgan fingerprint density at radius 1 is 0.857 bits per heavy atom. The lowest BCUT2D eigenvalue weighted by Gasteiger charge is -2.34. The lowest BCUT2D eigenvalue weighted by Crippen LogP contribution is -2.42. The van der Waals surface area contributed by atoms with E-state index in [-0.39, 0.29) is 12.0 Å². The van der Waals surface area contributed by atoms with E-state index in [1.165, 1.54) is 6.26 Å². The topological polar surface area (TPSA) is 78.4 Å². The van der Waals surface area contributed by atoms with E-state index < -0.39 is 0 Å². The minimum absolute atomic E-state index is 0.0731. The molecule has 0 bridgehead atoms. The summed E-state index contributed by atoms with van der Waals surface area (Å²) in [6.45, 7) is 3.38. The van der Waals surface area contributed by atoms with Crippen molar-refractivity contribution in [2.45, 2.75) is 31.7 Å². The molecule has 2 atom stereocenters. The van der Waals surface area contributed by atoms with E-state index in [2.05, 4.69) is 35.6 Å². The molecular formula is C35H39NO6. The molecule has 2 N–H and O–H groups in total. The maximum Gasteiger partial charge on any atom is 0.127 e. The summed E-state index contributed by atoms with van der Waals surface area (Å²) in [4.78, 5) is 0. The molecule has 0 aromatic heterocycles. The van der Waals surface area contributed by atoms with E-state index in [0.29, 0.717) is 39.5 Å². The third-order valence-electron chi connectivity index (χ3n) is 7.57. The Morgan fingerprint density at radius 2 is 1.64 bits per heavy atom. The predicted molar refractivity (Wildman–Crippen MR) is 165 cm³/mol. The van der Waals surface area contributed by atoms with Crippen LogP contribution in [0.1, 0.15) is 29.0 Å². The van der Waals surface area contributed by atoms with Gasteiger partial charge in [0.2, 0.25) is 0 Å². The second-order valence-corrected chi connectivity index (χ2v) is 10.3. The zero-order valence-corrected chi connectivity index (χ0v) is 24.3. The fourth-order valence-corrected chi connectivity index (χ4v) is 5.45. The van der Waals surface area contributed by atoms with E-state index in [1.807, 2.05) is 54.6 Å². The molecule has 220 valence electrons. The average Bonchev–Trinajstić information content (AvgIpc) is 3.05. The van der Waals surface area contributed by atoms with Crippen molar-refractivity contribution in [3.8, 4) is 17.2 Å². The maximum absolute atomic E-state index is 10.0. The smallest absolute Gasteiger partial charge is 0.127 e. The summed E-state index contributed by atoms with van der Waals surface area (Å²) < 4.78 is 29.3. The van der Waals surface area contributed by atoms with Crippen molar-refractivity contribution in [3.05, 3.63) is 113 Å². The number of hydrogen-bond acceptors (Lipinski definition) is 7. The van der Waals surface area contributed by atoms with E-state index in [4.69, 9.17) is 23.7 Å². The first kappa shape index (κ1) is 29.5. The summed E-state index contributed by atoms with van der Waals surface area (Å²) in [5.74, 6) is 2.39. The molecule has 0 radical (unpaired) electrons. The molecule has 1 aliphatic heterocycles. The van der Waals surface area contributed by atoms with Gasteiger partial charge in [-0.25, -0.2) is 0 Å². The number of fused-ring (bicyclic) bond motifs is 1. The van der Waals surface area contributed by atoms with Gasteiger partial charge in [-0.2, -0.15) is 0 Å². The van der Waals surface area contributed by atoms with Crippen LogP contribution < -0.4 is 19.5 Å². The summed E-state index contributed by atoms with van der Waals surface area (Å²) in [6.07, 6.45) is 1.83. The van der Waals surface area contributed by atoms with Crippen LogP contribution in [0.5, 0.6) is 17.2 Å². The molecule has 1 saturated heterocycles. The van der Waals surface area contributed by atoms with Gasteiger partial charge in [-0.15, -0.1) is 0 Å². The molecular weight excluding hydrogens is 530 g/mol. The van der Waals surface area contributed by atoms with Gasteiger partial charge in [0.25, 0.3) is 0 Å². The van der Waals surface area contributed by atoms with Crippen LogP contribution in [0.15, 0.2) is 96.8 Å². The Bertz CT molecular complexity index is 1470. The quantitative estimate of drug-likeness (QED) is 0.140. The largest absolute Gasteiger partial charge is 0.516 e. The van der Waals surface area contributed by atoms with Crippen LogP contribution in [0.4, 0.5) is 0 Å². The van der Waals surface area contributed by atoms with Gasteiger partial charge in [0.15, 0.2) is 0 Å². The van der Waals surface area contributed by atoms with Crippen LogP contribution in [-0.4, -0.2) is 51.7 Å². The number of methoxy groups -OCH3 is 2. The highest BCUT2D eigenvalue weighted by atomic mass is 16.5. The fourth-order valence-electron chi connectivity index (χ4n) is 5.45. The van der Waals surface area contributed by atoms with Crippen LogP contribution in [0.2, 0.25) is 0 Å². The van der Waals surface area contributed by atoms with Crippen molar-refractivity contribution in [2.24, 2.45) is 0 Å². The SMILES string of the molecule is COc1ccccc1COCCCOc1ccc([C@H]2/C(=C/O)CNC[C@@H]2OCc2cc(OC)c3ccccc3c2)cc1. The first-order valence-corrected chi connectivity index (χ1v) is 14.3. The predicted octanol–water partition coefficient (Wildman–Crippen LogP) is 6.56. The van der Waals surface area contributed by atoms with E-state index in [0.717, 1.165) is 56.7 Å². The van der Waals surface area contributed by atoms with Gasteiger partial charge in [-0.3, -0.25) is 0 Å². The number of rotatable bonds is 13. The highest BCUT2D eigenvalue weighted by Gasteiger charge is 2.31. The lowest BCUT2D eigenvalue weighted by atomic mass is 9.84. The summed E-state index contributed by atoms with van der Waals surface area (Å²) in [5.41, 5.74) is 4.04. The molecule has 7 heteroatoms. The highest BCUT2D eigenvalue weighted by molar-refractivity contribution is 5.89. The van der Waals surface area contributed by atoms with Crippen LogP contribution in [0.25, 0.3) is 10.8 Å². The number of benzene rings is 4. The lowest BCUT2D eigenvalue weighted by molar-refractivity contribution is 0.0222. The van der Waals surface area contributed by atoms with Crippen LogP contribution in [0, 0.1) is 0 Å². The van der Waals surface area contributed by atoms with Crippen molar-refractivity contribution >= 4 is 10.8 Å². The Hall–Kier alpha value is -4.04. The van der Waals surface area contributed by atoms with Crippen LogP contribution >= 0.6 is 0 Å². The third-order valence-corrected chi connectivity index (χ3v) is 7.57. The molecule has 7 nitrogen and oxygen atoms in total. The molecule has 0 saturated carbocycles. The Balaban J connectivity index is 1.16. The van der Waals surface area contributed by atoms with Crippen molar-refractivity contribution in [1.82, 2.24) is 5.32 Å². The molecule has 42 heavy (non-hydrogen) atoms. The van der Waals surface area contributed by atoms with Gasteiger partial charge in [-0.1, -0.05) is 54.6 Å². The normalized spacial score (nSPS) is 17.8. The second kappa shape index (κ2) is 14.7. The maximum atomic E-state index is 10.0. The minimum atomic E-state index is -0.151. The molecule has 4 aromatic carbocycles. The monoisotopic (exact) mass is 569 g/mol. The summed E-state index contributed by atoms with van der Waals surface area (Å²) >= 11 is 0. The highest BCUT2D eigenvalue weighted by Crippen LogP contribution is 2.34. The van der Waals surface area contributed by atoms with Gasteiger partial charge < -0.3 is 34.1 Å². The molecule has 0 spiro atoms. The number of aliphatic hydroxyl groups is 1. The number of ether oxygens (including phenoxy) is 5. The fraction of sp³-hybridized carbons (Fsp3) is 0.314. The second-order valence-electron chi connectivity index (χ2n) is 10.3. The molecule has 0 unspecified atom stereocenters. The van der Waals surface area contributed by atoms with Crippen LogP contribution in [-0.2, 0) is 22.7 Å². The molecule has 5 rings (SSSR count). The number of hydrogen-bond donors (Lipinski definition) is 2. The number of nitrogens with one attached hydrogen (secondary N) is 1. The van der Waals surface area contributed by atoms with Crippen molar-refractivity contribution < 1.29 is 28.8 Å². The van der Waals surface area contributed by atoms with Gasteiger partial charge in [0.05, 0.1) is 53.0 Å². The molecule has 4 aromatic rings. The zero-order valence-electron chi connectivity index (χ0n) is 24.3. The third kappa shape index (κ3) is 7.23. The van der Waals surface area contributed by atoms with Gasteiger partial charge in [0, 0.05) is 36.4 Å². The first-order valence-electron chi connectivity index (χ1n) is 14.3. The molecule has 1 aliphatic rings. The molecule has 1 heterocycles. The first-order chi connectivity index (χ1) is 20.7. The van der Waals surface area contributed by atoms with Crippen LogP contribution in [0.3, 0.4) is 0 Å². The molecule has 0 aliphatic carbocycles.